The summed E-state index contributed by atoms with van der Waals surface area (Å²) in [7, 11) is 0. The molecule has 214 valence electrons. The van der Waals surface area contributed by atoms with Gasteiger partial charge in [0.15, 0.2) is 11.0 Å². The fraction of sp³-hybridized carbons (Fsp3) is 0.515. The average Bonchev–Trinajstić information content (AvgIpc) is 2.96. The van der Waals surface area contributed by atoms with E-state index < -0.39 is 28.3 Å². The first-order chi connectivity index (χ1) is 19.3. The minimum Gasteiger partial charge on any atom is -0.447 e. The van der Waals surface area contributed by atoms with Crippen molar-refractivity contribution < 1.29 is 33.9 Å². The van der Waals surface area contributed by atoms with Crippen LogP contribution in [0, 0.1) is 35.2 Å². The van der Waals surface area contributed by atoms with Crippen molar-refractivity contribution in [3.63, 3.8) is 0 Å². The van der Waals surface area contributed by atoms with E-state index in [1.807, 2.05) is 74.5 Å². The predicted octanol–water partition coefficient (Wildman–Crippen LogP) is 4.41. The largest absolute Gasteiger partial charge is 0.447 e. The molecule has 0 amide bonds. The van der Waals surface area contributed by atoms with Gasteiger partial charge in [-0.2, -0.15) is 0 Å². The lowest BCUT2D eigenvalue weighted by Crippen LogP contribution is -2.95. The van der Waals surface area contributed by atoms with Gasteiger partial charge in [-0.3, -0.25) is 0 Å². The summed E-state index contributed by atoms with van der Waals surface area (Å²) in [5.74, 6) is 8.81. The van der Waals surface area contributed by atoms with Crippen molar-refractivity contribution >= 4 is 0 Å². The smallest absolute Gasteiger partial charge is 0.160 e. The number of benzene rings is 2. The Hall–Kier alpha value is -2.88. The van der Waals surface area contributed by atoms with Crippen molar-refractivity contribution in [2.45, 2.75) is 76.7 Å². The minimum atomic E-state index is -1.82. The van der Waals surface area contributed by atoms with Crippen LogP contribution in [0.25, 0.3) is 0 Å². The van der Waals surface area contributed by atoms with Crippen molar-refractivity contribution in [3.05, 3.63) is 71.8 Å². The summed E-state index contributed by atoms with van der Waals surface area (Å²) in [4.78, 5) is 0. The highest BCUT2D eigenvalue weighted by atomic mass is 16.7. The lowest BCUT2D eigenvalue weighted by atomic mass is 9.34. The number of ether oxygens (including phenoxy) is 5. The van der Waals surface area contributed by atoms with Gasteiger partial charge in [-0.25, -0.2) is 0 Å². The van der Waals surface area contributed by atoms with Crippen LogP contribution < -0.4 is 0 Å². The van der Waals surface area contributed by atoms with Crippen molar-refractivity contribution in [2.75, 3.05) is 20.2 Å². The van der Waals surface area contributed by atoms with Crippen LogP contribution in [0.5, 0.6) is 0 Å². The summed E-state index contributed by atoms with van der Waals surface area (Å²) in [6.07, 6.45) is 2.85. The second-order valence-electron chi connectivity index (χ2n) is 10.6. The molecule has 40 heavy (non-hydrogen) atoms. The number of hydrogen-bond acceptors (Lipinski definition) is 7. The molecule has 2 saturated carbocycles. The average molecular weight is 549 g/mol. The number of aliphatic hydroxyl groups is 2. The third kappa shape index (κ3) is 5.03. The molecule has 0 aliphatic heterocycles. The van der Waals surface area contributed by atoms with Crippen LogP contribution in [-0.4, -0.2) is 53.3 Å². The molecule has 7 nitrogen and oxygen atoms in total. The highest BCUT2D eigenvalue weighted by molar-refractivity contribution is 5.53. The first-order valence-electron chi connectivity index (χ1n) is 13.8. The number of hydrogen-bond donors (Lipinski definition) is 2. The first kappa shape index (κ1) is 30.1. The highest BCUT2D eigenvalue weighted by Gasteiger charge is 2.90. The zero-order valence-electron chi connectivity index (χ0n) is 23.8. The zero-order valence-corrected chi connectivity index (χ0v) is 23.8. The molecule has 2 aromatic rings. The van der Waals surface area contributed by atoms with Gasteiger partial charge in [0.2, 0.25) is 0 Å². The second-order valence-corrected chi connectivity index (χ2v) is 10.6. The summed E-state index contributed by atoms with van der Waals surface area (Å²) >= 11 is 0. The molecule has 0 radical (unpaired) electrons. The van der Waals surface area contributed by atoms with Gasteiger partial charge >= 0.3 is 0 Å². The van der Waals surface area contributed by atoms with E-state index in [1.54, 1.807) is 13.8 Å². The molecule has 2 aliphatic carbocycles. The molecule has 0 spiro atoms. The van der Waals surface area contributed by atoms with Gasteiger partial charge < -0.3 is 33.9 Å². The first-order valence-corrected chi connectivity index (χ1v) is 13.8. The van der Waals surface area contributed by atoms with E-state index >= 15 is 0 Å². The quantitative estimate of drug-likeness (QED) is 0.244. The van der Waals surface area contributed by atoms with Gasteiger partial charge in [0.25, 0.3) is 0 Å². The Labute approximate surface area is 237 Å². The molecule has 2 aromatic carbocycles. The Kier molecular flexibility index (Phi) is 9.59. The van der Waals surface area contributed by atoms with Crippen molar-refractivity contribution in [3.8, 4) is 23.9 Å². The van der Waals surface area contributed by atoms with E-state index in [4.69, 9.17) is 23.7 Å². The minimum absolute atomic E-state index is 0.0660. The molecule has 6 atom stereocenters. The predicted molar refractivity (Wildman–Crippen MR) is 150 cm³/mol. The lowest BCUT2D eigenvalue weighted by Gasteiger charge is -2.75. The zero-order chi connectivity index (χ0) is 28.7. The molecule has 0 aromatic heterocycles. The maximum Gasteiger partial charge on any atom is 0.160 e. The van der Waals surface area contributed by atoms with E-state index in [2.05, 4.69) is 23.9 Å². The molecule has 0 heterocycles. The Morgan fingerprint density at radius 3 is 2.08 bits per heavy atom. The summed E-state index contributed by atoms with van der Waals surface area (Å²) in [5, 5.41) is 24.9. The van der Waals surface area contributed by atoms with Gasteiger partial charge in [-0.1, -0.05) is 73.5 Å². The SMILES string of the molecule is CC#CC1(C#COCC)C(C)(O)C2(OCOCc3ccccc3)CCC(C)C(OCOCc3ccccc3)C12O. The molecule has 6 unspecified atom stereocenters. The van der Waals surface area contributed by atoms with Crippen LogP contribution >= 0.6 is 0 Å². The maximum atomic E-state index is 12.7. The summed E-state index contributed by atoms with van der Waals surface area (Å²) in [6, 6.07) is 19.5. The molecular formula is C33H40O7. The molecule has 0 bridgehead atoms. The van der Waals surface area contributed by atoms with Gasteiger partial charge in [0.1, 0.15) is 30.9 Å². The van der Waals surface area contributed by atoms with Crippen LogP contribution in [0.3, 0.4) is 0 Å². The third-order valence-corrected chi connectivity index (χ3v) is 8.29. The van der Waals surface area contributed by atoms with E-state index in [0.717, 1.165) is 11.1 Å². The van der Waals surface area contributed by atoms with Gasteiger partial charge in [0.05, 0.1) is 25.9 Å². The fourth-order valence-corrected chi connectivity index (χ4v) is 6.33. The van der Waals surface area contributed by atoms with Crippen molar-refractivity contribution in [1.29, 1.82) is 0 Å². The Bertz CT molecular complexity index is 1230. The van der Waals surface area contributed by atoms with Gasteiger partial charge in [0, 0.05) is 0 Å². The summed E-state index contributed by atoms with van der Waals surface area (Å²) in [6.45, 7) is 7.90. The van der Waals surface area contributed by atoms with Crippen molar-refractivity contribution in [2.24, 2.45) is 11.3 Å². The molecule has 2 fully saturated rings. The highest BCUT2D eigenvalue weighted by Crippen LogP contribution is 2.71. The molecule has 7 heteroatoms. The standard InChI is InChI=1S/C33H40O7/c1-5-18-31(20-21-36-6-2)30(4,34)32(40-25-38-23-28-15-11-8-12-16-28)19-17-26(3)29(33(31,32)35)39-24-37-22-27-13-9-7-10-14-27/h7-16,26,29,34-35H,6,17,19,22-25H2,1-4H3. The molecule has 0 saturated heterocycles. The topological polar surface area (TPSA) is 86.6 Å². The molecule has 2 aliphatic rings. The fourth-order valence-electron chi connectivity index (χ4n) is 6.33. The van der Waals surface area contributed by atoms with Crippen LogP contribution in [0.4, 0.5) is 0 Å². The third-order valence-electron chi connectivity index (χ3n) is 8.29. The summed E-state index contributed by atoms with van der Waals surface area (Å²) < 4.78 is 29.6. The Morgan fingerprint density at radius 1 is 0.900 bits per heavy atom. The van der Waals surface area contributed by atoms with Crippen molar-refractivity contribution in [1.82, 2.24) is 0 Å². The summed E-state index contributed by atoms with van der Waals surface area (Å²) in [5.41, 5.74) is -4.57. The second kappa shape index (κ2) is 12.7. The van der Waals surface area contributed by atoms with Crippen LogP contribution in [0.1, 0.15) is 51.7 Å². The van der Waals surface area contributed by atoms with Gasteiger partial charge in [-0.05, 0) is 56.6 Å². The van der Waals surface area contributed by atoms with E-state index in [9.17, 15) is 10.2 Å². The van der Waals surface area contributed by atoms with E-state index in [0.29, 0.717) is 32.7 Å². The van der Waals surface area contributed by atoms with Crippen LogP contribution in [0.15, 0.2) is 60.7 Å². The Balaban J connectivity index is 1.62. The lowest BCUT2D eigenvalue weighted by molar-refractivity contribution is -0.444. The van der Waals surface area contributed by atoms with E-state index in [-0.39, 0.29) is 19.5 Å². The number of rotatable bonds is 11. The maximum absolute atomic E-state index is 12.7. The van der Waals surface area contributed by atoms with Crippen LogP contribution in [0.2, 0.25) is 0 Å². The van der Waals surface area contributed by atoms with Crippen LogP contribution in [-0.2, 0) is 36.9 Å². The normalized spacial score (nSPS) is 32.5. The van der Waals surface area contributed by atoms with E-state index in [1.165, 1.54) is 0 Å². The molecule has 2 N–H and O–H groups in total. The molecular weight excluding hydrogens is 508 g/mol. The monoisotopic (exact) mass is 548 g/mol. The Morgan fingerprint density at radius 2 is 1.50 bits per heavy atom. The number of fused-ring (bicyclic) bond motifs is 1. The molecule has 4 rings (SSSR count). The van der Waals surface area contributed by atoms with Gasteiger partial charge in [-0.15, -0.1) is 5.92 Å².